The summed E-state index contributed by atoms with van der Waals surface area (Å²) in [5.74, 6) is 0. The number of nitrogens with one attached hydrogen (secondary N) is 1. The molecule has 3 rings (SSSR count). The molecular weight excluding hydrogens is 248 g/mol. The Kier molecular flexibility index (Phi) is 2.68. The maximum absolute atomic E-state index is 11.6. The lowest BCUT2D eigenvalue weighted by Crippen LogP contribution is -2.08. The van der Waals surface area contributed by atoms with E-state index in [0.29, 0.717) is 0 Å². The van der Waals surface area contributed by atoms with Crippen LogP contribution >= 0.6 is 11.6 Å². The first-order chi connectivity index (χ1) is 8.72. The van der Waals surface area contributed by atoms with Gasteiger partial charge in [0, 0.05) is 29.4 Å². The second-order valence-electron chi connectivity index (χ2n) is 4.21. The zero-order valence-corrected chi connectivity index (χ0v) is 10.3. The summed E-state index contributed by atoms with van der Waals surface area (Å²) in [6.45, 7) is 0. The fourth-order valence-corrected chi connectivity index (χ4v) is 2.26. The zero-order valence-electron chi connectivity index (χ0n) is 9.56. The van der Waals surface area contributed by atoms with E-state index in [9.17, 15) is 4.79 Å². The molecule has 0 spiro atoms. The molecule has 2 aromatic heterocycles. The quantitative estimate of drug-likeness (QED) is 0.754. The second kappa shape index (κ2) is 4.35. The minimum atomic E-state index is -0.0268. The number of aromatic nitrogens is 2. The summed E-state index contributed by atoms with van der Waals surface area (Å²) in [4.78, 5) is 14.8. The Morgan fingerprint density at radius 1 is 1.17 bits per heavy atom. The minimum absolute atomic E-state index is 0.0268. The molecule has 0 unspecified atom stereocenters. The van der Waals surface area contributed by atoms with E-state index in [1.54, 1.807) is 16.5 Å². The normalized spacial score (nSPS) is 10.9. The van der Waals surface area contributed by atoms with Gasteiger partial charge in [-0.05, 0) is 23.8 Å². The van der Waals surface area contributed by atoms with Crippen molar-refractivity contribution >= 4 is 17.2 Å². The maximum Gasteiger partial charge on any atom is 0.256 e. The van der Waals surface area contributed by atoms with Crippen LogP contribution in [0.5, 0.6) is 0 Å². The van der Waals surface area contributed by atoms with Crippen LogP contribution in [0.4, 0.5) is 0 Å². The molecule has 0 aliphatic rings. The molecule has 3 nitrogen and oxygen atoms in total. The molecule has 4 heteroatoms. The van der Waals surface area contributed by atoms with Crippen molar-refractivity contribution in [1.29, 1.82) is 0 Å². The zero-order chi connectivity index (χ0) is 12.5. The lowest BCUT2D eigenvalue weighted by molar-refractivity contribution is 1.09. The van der Waals surface area contributed by atoms with Gasteiger partial charge in [-0.25, -0.2) is 0 Å². The highest BCUT2D eigenvalue weighted by molar-refractivity contribution is 6.30. The van der Waals surface area contributed by atoms with E-state index in [1.807, 2.05) is 36.5 Å². The molecule has 0 aliphatic carbocycles. The summed E-state index contributed by atoms with van der Waals surface area (Å²) < 4.78 is 1.61. The van der Waals surface area contributed by atoms with E-state index >= 15 is 0 Å². The average molecular weight is 259 g/mol. The summed E-state index contributed by atoms with van der Waals surface area (Å²) in [6, 6.07) is 12.9. The van der Waals surface area contributed by atoms with Gasteiger partial charge in [-0.2, -0.15) is 0 Å². The summed E-state index contributed by atoms with van der Waals surface area (Å²) in [5, 5.41) is 0.723. The summed E-state index contributed by atoms with van der Waals surface area (Å²) in [5.41, 5.74) is 2.88. The van der Waals surface area contributed by atoms with Crippen LogP contribution in [0.2, 0.25) is 5.02 Å². The molecule has 3 aromatic rings. The Labute approximate surface area is 109 Å². The van der Waals surface area contributed by atoms with Crippen molar-refractivity contribution in [3.05, 3.63) is 75.3 Å². The van der Waals surface area contributed by atoms with Crippen molar-refractivity contribution in [1.82, 2.24) is 9.38 Å². The number of nitrogens with zero attached hydrogens (tertiary/aromatic N) is 1. The fraction of sp³-hybridized carbons (Fsp3) is 0.0714. The van der Waals surface area contributed by atoms with Gasteiger partial charge in [-0.1, -0.05) is 29.8 Å². The number of benzene rings is 1. The van der Waals surface area contributed by atoms with E-state index in [0.717, 1.165) is 28.3 Å². The van der Waals surface area contributed by atoms with Crippen molar-refractivity contribution < 1.29 is 0 Å². The lowest BCUT2D eigenvalue weighted by atomic mass is 10.1. The van der Waals surface area contributed by atoms with Crippen LogP contribution < -0.4 is 5.56 Å². The van der Waals surface area contributed by atoms with E-state index in [4.69, 9.17) is 11.6 Å². The van der Waals surface area contributed by atoms with Gasteiger partial charge >= 0.3 is 0 Å². The third kappa shape index (κ3) is 2.05. The van der Waals surface area contributed by atoms with E-state index in [1.165, 1.54) is 0 Å². The minimum Gasteiger partial charge on any atom is -0.343 e. The molecule has 18 heavy (non-hydrogen) atoms. The average Bonchev–Trinajstić information content (AvgIpc) is 2.73. The van der Waals surface area contributed by atoms with Crippen LogP contribution in [0.15, 0.2) is 53.5 Å². The molecule has 0 fully saturated rings. The van der Waals surface area contributed by atoms with Crippen molar-refractivity contribution in [2.24, 2.45) is 0 Å². The predicted molar refractivity (Wildman–Crippen MR) is 72.3 cm³/mol. The number of hydrogen-bond acceptors (Lipinski definition) is 1. The topological polar surface area (TPSA) is 37.3 Å². The largest absolute Gasteiger partial charge is 0.343 e. The molecule has 0 saturated heterocycles. The standard InChI is InChI=1S/C14H11ClN2O/c15-11-4-1-3-10(7-11)8-12-9-17-13(16-12)5-2-6-14(17)18/h1-7,9,16H,8H2. The third-order valence-electron chi connectivity index (χ3n) is 2.85. The van der Waals surface area contributed by atoms with Crippen molar-refractivity contribution in [3.8, 4) is 0 Å². The molecule has 0 aliphatic heterocycles. The van der Waals surface area contributed by atoms with Gasteiger partial charge in [0.1, 0.15) is 5.65 Å². The van der Waals surface area contributed by atoms with E-state index < -0.39 is 0 Å². The number of halogens is 1. The van der Waals surface area contributed by atoms with E-state index in [2.05, 4.69) is 4.98 Å². The van der Waals surface area contributed by atoms with Crippen LogP contribution in [0, 0.1) is 0 Å². The molecule has 90 valence electrons. The van der Waals surface area contributed by atoms with Crippen LogP contribution in [-0.4, -0.2) is 9.38 Å². The van der Waals surface area contributed by atoms with Gasteiger partial charge in [0.25, 0.3) is 5.56 Å². The molecule has 0 bridgehead atoms. The Morgan fingerprint density at radius 3 is 2.78 bits per heavy atom. The molecule has 0 atom stereocenters. The summed E-state index contributed by atoms with van der Waals surface area (Å²) >= 11 is 5.95. The molecule has 1 N–H and O–H groups in total. The Balaban J connectivity index is 2.01. The Morgan fingerprint density at radius 2 is 2.00 bits per heavy atom. The monoisotopic (exact) mass is 258 g/mol. The van der Waals surface area contributed by atoms with Crippen LogP contribution in [0.25, 0.3) is 5.65 Å². The lowest BCUT2D eigenvalue weighted by Gasteiger charge is -1.98. The SMILES string of the molecule is O=c1cccc2[nH]c(Cc3cccc(Cl)c3)cn12. The van der Waals surface area contributed by atoms with Crippen LogP contribution in [0.3, 0.4) is 0 Å². The number of aromatic amines is 1. The first kappa shape index (κ1) is 11.1. The number of imidazole rings is 1. The number of pyridine rings is 1. The smallest absolute Gasteiger partial charge is 0.256 e. The Bertz CT molecular complexity index is 758. The highest BCUT2D eigenvalue weighted by atomic mass is 35.5. The van der Waals surface area contributed by atoms with Gasteiger partial charge in [-0.3, -0.25) is 9.20 Å². The molecule has 2 heterocycles. The molecule has 0 radical (unpaired) electrons. The maximum atomic E-state index is 11.6. The molecule has 0 saturated carbocycles. The predicted octanol–water partition coefficient (Wildman–Crippen LogP) is 2.87. The van der Waals surface area contributed by atoms with Crippen molar-refractivity contribution in [2.75, 3.05) is 0 Å². The number of hydrogen-bond donors (Lipinski definition) is 1. The van der Waals surface area contributed by atoms with Gasteiger partial charge in [0.2, 0.25) is 0 Å². The molecular formula is C14H11ClN2O. The van der Waals surface area contributed by atoms with Crippen molar-refractivity contribution in [2.45, 2.75) is 6.42 Å². The number of fused-ring (bicyclic) bond motifs is 1. The second-order valence-corrected chi connectivity index (χ2v) is 4.64. The van der Waals surface area contributed by atoms with Crippen LogP contribution in [-0.2, 0) is 6.42 Å². The molecule has 1 aromatic carbocycles. The van der Waals surface area contributed by atoms with E-state index in [-0.39, 0.29) is 5.56 Å². The number of rotatable bonds is 2. The highest BCUT2D eigenvalue weighted by Gasteiger charge is 2.03. The Hall–Kier alpha value is -2.00. The molecule has 0 amide bonds. The van der Waals surface area contributed by atoms with Gasteiger partial charge in [0.15, 0.2) is 0 Å². The van der Waals surface area contributed by atoms with Crippen LogP contribution in [0.1, 0.15) is 11.3 Å². The van der Waals surface area contributed by atoms with Gasteiger partial charge < -0.3 is 4.98 Å². The first-order valence-corrected chi connectivity index (χ1v) is 6.04. The van der Waals surface area contributed by atoms with Crippen molar-refractivity contribution in [3.63, 3.8) is 0 Å². The third-order valence-corrected chi connectivity index (χ3v) is 3.08. The van der Waals surface area contributed by atoms with Gasteiger partial charge in [-0.15, -0.1) is 0 Å². The fourth-order valence-electron chi connectivity index (χ4n) is 2.05. The number of H-pyrrole nitrogens is 1. The highest BCUT2D eigenvalue weighted by Crippen LogP contribution is 2.14. The summed E-state index contributed by atoms with van der Waals surface area (Å²) in [6.07, 6.45) is 2.56. The van der Waals surface area contributed by atoms with Gasteiger partial charge in [0.05, 0.1) is 0 Å². The summed E-state index contributed by atoms with van der Waals surface area (Å²) in [7, 11) is 0. The first-order valence-electron chi connectivity index (χ1n) is 5.66.